The number of aromatic amines is 6. The van der Waals surface area contributed by atoms with E-state index in [1.165, 1.54) is 73.4 Å². The summed E-state index contributed by atoms with van der Waals surface area (Å²) in [6, 6.07) is 26.3. The van der Waals surface area contributed by atoms with E-state index in [-0.39, 0.29) is 119 Å². The lowest BCUT2D eigenvalue weighted by Crippen LogP contribution is -2.21. The summed E-state index contributed by atoms with van der Waals surface area (Å²) in [5.41, 5.74) is 26.6. The number of aromatic nitrogens is 17. The van der Waals surface area contributed by atoms with Gasteiger partial charge in [0.05, 0.1) is 40.5 Å². The van der Waals surface area contributed by atoms with Crippen molar-refractivity contribution in [2.45, 2.75) is 576 Å². The third kappa shape index (κ3) is 48.8. The number of nitrogens with one attached hydrogen (secondary N) is 6. The first-order valence-corrected chi connectivity index (χ1v) is 54.5. The minimum atomic E-state index is 0.0381. The van der Waals surface area contributed by atoms with Crippen molar-refractivity contribution in [3.8, 4) is 0 Å². The standard InChI is InChI=1S/C14H22.C13H21N.3C12H20N2.2C12H21N.4C11H20N2/c1-13(2,3)11-7-9-12(10-8-11)14(4,5)6;1-12(2,3)10-7-8-11(14-9-10)13(4,5)6;1-11(2,3)9-7-14-10(8-13-9)12(4,5)6;1-11(2,3)9-7-13-10(14-8-9)12(4,5)6;1-11(2,3)9-7-8-10(14-13-9)12(4,5)6;1-11(2,3)9-7-10(13-8-9)12(4,5)6;1-11(2,3)9-7-8-10(13-9)12(4,5)6;1-10(2,3)8-9(11(4,5)6)13-7-12-8;2*1-10(2,3)8-7-12-9(13-8)11(4,5)6;1-10(2,3)8-7-9(13-12-8)11(4,5)6/h7-10H,1-6H3;7-9H,1-6H3;3*7-8H,1-6H3;2*7-8,13H,1-6H3;4*7H,1-6H3,(H,12,13). The monoisotopic (exact) mass is 2040 g/mol. The quantitative estimate of drug-likeness (QED) is 0.0835. The summed E-state index contributed by atoms with van der Waals surface area (Å²) in [6.07, 6.45) is 17.5. The van der Waals surface area contributed by atoms with Crippen LogP contribution in [0, 0.1) is 0 Å². The number of imidazole rings is 3. The van der Waals surface area contributed by atoms with Gasteiger partial charge in [-0.3, -0.25) is 20.1 Å². The number of nitrogens with zero attached hydrogens (tertiary/aromatic N) is 11. The van der Waals surface area contributed by atoms with Crippen molar-refractivity contribution < 1.29 is 0 Å². The van der Waals surface area contributed by atoms with E-state index in [4.69, 9.17) is 0 Å². The van der Waals surface area contributed by atoms with Crippen LogP contribution < -0.4 is 0 Å². The fourth-order valence-corrected chi connectivity index (χ4v) is 13.3. The zero-order valence-electron chi connectivity index (χ0n) is 108. The van der Waals surface area contributed by atoms with Crippen molar-refractivity contribution in [1.29, 1.82) is 0 Å². The van der Waals surface area contributed by atoms with Crippen LogP contribution >= 0.6 is 0 Å². The van der Waals surface area contributed by atoms with Gasteiger partial charge in [-0.05, 0) is 97.4 Å². The van der Waals surface area contributed by atoms with Crippen LogP contribution in [-0.4, -0.2) is 85.2 Å². The third-order valence-electron chi connectivity index (χ3n) is 24.7. The predicted octanol–water partition coefficient (Wildman–Crippen LogP) is 36.4. The van der Waals surface area contributed by atoms with Gasteiger partial charge in [0.2, 0.25) is 0 Å². The maximum atomic E-state index is 4.52. The second kappa shape index (κ2) is 50.3. The molecule has 0 amide bonds. The normalized spacial score (nSPS) is 13.2. The zero-order valence-corrected chi connectivity index (χ0v) is 108. The van der Waals surface area contributed by atoms with Crippen LogP contribution in [0.1, 0.15) is 582 Å². The maximum Gasteiger partial charge on any atom is 0.133 e. The number of benzene rings is 1. The smallest absolute Gasteiger partial charge is 0.133 e. The molecule has 0 bridgehead atoms. The lowest BCUT2D eigenvalue weighted by molar-refractivity contribution is 0.512. The number of rotatable bonds is 0. The van der Waals surface area contributed by atoms with Gasteiger partial charge in [-0.15, -0.1) is 0 Å². The minimum Gasteiger partial charge on any atom is -0.364 e. The summed E-state index contributed by atoms with van der Waals surface area (Å²) in [5.74, 6) is 3.04. The maximum absolute atomic E-state index is 4.52. The van der Waals surface area contributed by atoms with Gasteiger partial charge in [-0.2, -0.15) is 15.3 Å². The van der Waals surface area contributed by atoms with Gasteiger partial charge in [0.1, 0.15) is 17.5 Å². The Morgan fingerprint density at radius 3 is 0.669 bits per heavy atom. The Kier molecular flexibility index (Phi) is 46.5. The van der Waals surface area contributed by atoms with Gasteiger partial charge in [-0.25, -0.2) is 24.9 Å². The molecule has 0 atom stereocenters. The molecule has 0 spiro atoms. The zero-order chi connectivity index (χ0) is 117. The summed E-state index contributed by atoms with van der Waals surface area (Å²) in [6.45, 7) is 144. The van der Waals surface area contributed by atoms with Crippen LogP contribution in [0.5, 0.6) is 0 Å². The van der Waals surface area contributed by atoms with Gasteiger partial charge < -0.3 is 24.9 Å². The highest BCUT2D eigenvalue weighted by Crippen LogP contribution is 2.37. The van der Waals surface area contributed by atoms with Crippen molar-refractivity contribution >= 4 is 0 Å². The largest absolute Gasteiger partial charge is 0.364 e. The molecular formula is C131H225N17. The van der Waals surface area contributed by atoms with Gasteiger partial charge in [0.15, 0.2) is 0 Å². The Labute approximate surface area is 909 Å². The Balaban J connectivity index is 0.000000814. The molecule has 834 valence electrons. The first kappa shape index (κ1) is 137. The fraction of sp³-hybridized carbons (Fsp3) is 0.672. The molecule has 0 fully saturated rings. The first-order valence-electron chi connectivity index (χ1n) is 54.5. The van der Waals surface area contributed by atoms with Crippen LogP contribution in [0.4, 0.5) is 0 Å². The second-order valence-electron chi connectivity index (χ2n) is 63.6. The second-order valence-corrected chi connectivity index (χ2v) is 63.6. The molecule has 6 N–H and O–H groups in total. The Morgan fingerprint density at radius 1 is 0.176 bits per heavy atom. The number of hydrogen-bond donors (Lipinski definition) is 6. The Hall–Kier alpha value is -8.99. The number of pyridine rings is 1. The molecule has 0 aliphatic rings. The van der Waals surface area contributed by atoms with Crippen LogP contribution in [-0.2, 0) is 119 Å². The van der Waals surface area contributed by atoms with Gasteiger partial charge in [0, 0.05) is 187 Å². The summed E-state index contributed by atoms with van der Waals surface area (Å²) >= 11 is 0. The molecular weight excluding hydrogens is 1810 g/mol. The molecule has 10 aromatic heterocycles. The summed E-state index contributed by atoms with van der Waals surface area (Å²) in [7, 11) is 0. The van der Waals surface area contributed by atoms with E-state index >= 15 is 0 Å². The average molecular weight is 2040 g/mol. The van der Waals surface area contributed by atoms with Crippen molar-refractivity contribution in [3.05, 3.63) is 254 Å². The van der Waals surface area contributed by atoms with Crippen LogP contribution in [0.2, 0.25) is 0 Å². The minimum absolute atomic E-state index is 0.0381. The molecule has 11 aromatic rings. The highest BCUT2D eigenvalue weighted by atomic mass is 15.1. The molecule has 0 saturated heterocycles. The highest BCUT2D eigenvalue weighted by molar-refractivity contribution is 5.34. The lowest BCUT2D eigenvalue weighted by atomic mass is 9.82. The topological polar surface area (TPSA) is 237 Å². The molecule has 0 unspecified atom stereocenters. The van der Waals surface area contributed by atoms with E-state index in [2.05, 4.69) is 621 Å². The number of hydrogen-bond acceptors (Lipinski definition) is 11. The van der Waals surface area contributed by atoms with E-state index in [1.807, 2.05) is 43.4 Å². The van der Waals surface area contributed by atoms with Gasteiger partial charge in [0.25, 0.3) is 0 Å². The fourth-order valence-electron chi connectivity index (χ4n) is 13.3. The van der Waals surface area contributed by atoms with Crippen molar-refractivity contribution in [2.75, 3.05) is 0 Å². The van der Waals surface area contributed by atoms with Crippen molar-refractivity contribution in [2.24, 2.45) is 0 Å². The molecule has 17 nitrogen and oxygen atoms in total. The molecule has 10 heterocycles. The molecule has 11 rings (SSSR count). The molecule has 17 heteroatoms. The lowest BCUT2D eigenvalue weighted by Gasteiger charge is -2.24. The summed E-state index contributed by atoms with van der Waals surface area (Å²) in [5, 5.41) is 16.0. The van der Waals surface area contributed by atoms with Gasteiger partial charge >= 0.3 is 0 Å². The molecule has 0 aliphatic heterocycles. The van der Waals surface area contributed by atoms with E-state index in [0.29, 0.717) is 0 Å². The van der Waals surface area contributed by atoms with E-state index in [1.54, 1.807) is 6.33 Å². The average Bonchev–Trinajstić information content (AvgIpc) is 1.65. The molecule has 0 saturated carbocycles. The van der Waals surface area contributed by atoms with Crippen LogP contribution in [0.15, 0.2) is 129 Å². The highest BCUT2D eigenvalue weighted by Gasteiger charge is 2.33. The molecule has 0 aliphatic carbocycles. The van der Waals surface area contributed by atoms with Crippen molar-refractivity contribution in [1.82, 2.24) is 85.2 Å². The molecule has 1 aromatic carbocycles. The van der Waals surface area contributed by atoms with E-state index < -0.39 is 0 Å². The summed E-state index contributed by atoms with van der Waals surface area (Å²) < 4.78 is 0. The predicted molar refractivity (Wildman–Crippen MR) is 644 cm³/mol. The van der Waals surface area contributed by atoms with Crippen molar-refractivity contribution in [3.63, 3.8) is 0 Å². The SMILES string of the molecule is CC(C)(C)c1c[nH]c(C(C)(C)C)c1.CC(C)(C)c1cc(C(C)(C)C)[nH]n1.CC(C)(C)c1ccc(C(C)(C)C)[nH]1.CC(C)(C)c1ccc(C(C)(C)C)cc1.CC(C)(C)c1ccc(C(C)(C)C)nc1.CC(C)(C)c1ccc(C(C)(C)C)nn1.CC(C)(C)c1cnc(C(C)(C)C)[nH]1.CC(C)(C)c1cnc(C(C)(C)C)[nH]1.CC(C)(C)c1cnc(C(C)(C)C)cn1.CC(C)(C)c1cnc(C(C)(C)C)nc1.CC(C)(C)c1nc[nH]c1C(C)(C)C. The first-order chi connectivity index (χ1) is 65.3. The number of H-pyrrole nitrogens is 6. The van der Waals surface area contributed by atoms with E-state index in [9.17, 15) is 0 Å². The van der Waals surface area contributed by atoms with Gasteiger partial charge in [-0.1, -0.05) is 487 Å². The molecule has 148 heavy (non-hydrogen) atoms. The van der Waals surface area contributed by atoms with E-state index in [0.717, 1.165) is 51.6 Å². The Bertz CT molecular complexity index is 4550. The Morgan fingerprint density at radius 2 is 0.473 bits per heavy atom. The third-order valence-corrected chi connectivity index (χ3v) is 24.7. The molecule has 0 radical (unpaired) electrons. The van der Waals surface area contributed by atoms with Crippen LogP contribution in [0.3, 0.4) is 0 Å². The summed E-state index contributed by atoms with van der Waals surface area (Å²) in [4.78, 5) is 52.3. The van der Waals surface area contributed by atoms with Crippen LogP contribution in [0.25, 0.3) is 0 Å².